The molecule has 2 amide bonds. The van der Waals surface area contributed by atoms with Crippen LogP contribution in [-0.2, 0) is 20.9 Å². The van der Waals surface area contributed by atoms with Gasteiger partial charge in [0.15, 0.2) is 0 Å². The molecular formula is C34H35N3O5. The second kappa shape index (κ2) is 10.3. The first-order chi connectivity index (χ1) is 20.4. The van der Waals surface area contributed by atoms with Gasteiger partial charge in [0, 0.05) is 32.1 Å². The molecule has 7 rings (SSSR count). The van der Waals surface area contributed by atoms with E-state index in [2.05, 4.69) is 34.5 Å². The molecule has 8 heteroatoms. The van der Waals surface area contributed by atoms with Crippen LogP contribution in [0.15, 0.2) is 78.9 Å². The first-order valence-corrected chi connectivity index (χ1v) is 14.9. The van der Waals surface area contributed by atoms with E-state index in [1.165, 1.54) is 0 Å². The van der Waals surface area contributed by atoms with Gasteiger partial charge in [-0.3, -0.25) is 9.69 Å². The Labute approximate surface area is 245 Å². The van der Waals surface area contributed by atoms with Gasteiger partial charge in [-0.15, -0.1) is 0 Å². The van der Waals surface area contributed by atoms with E-state index in [0.717, 1.165) is 40.7 Å². The lowest BCUT2D eigenvalue weighted by molar-refractivity contribution is -0.157. The number of fused-ring (bicyclic) bond motifs is 4. The van der Waals surface area contributed by atoms with E-state index >= 15 is 0 Å². The van der Waals surface area contributed by atoms with Crippen LogP contribution in [0.3, 0.4) is 0 Å². The van der Waals surface area contributed by atoms with Crippen LogP contribution in [-0.4, -0.2) is 70.2 Å². The Hall–Kier alpha value is -4.17. The largest absolute Gasteiger partial charge is 0.479 e. The van der Waals surface area contributed by atoms with Crippen LogP contribution in [0, 0.1) is 5.92 Å². The van der Waals surface area contributed by atoms with Crippen molar-refractivity contribution >= 4 is 18.0 Å². The zero-order valence-corrected chi connectivity index (χ0v) is 23.5. The lowest BCUT2D eigenvalue weighted by atomic mass is 9.92. The van der Waals surface area contributed by atoms with Crippen LogP contribution in [0.5, 0.6) is 0 Å². The smallest absolute Gasteiger partial charge is 0.408 e. The molecule has 4 aliphatic rings. The molecule has 3 aromatic carbocycles. The number of piperidine rings is 1. The molecule has 0 radical (unpaired) electrons. The van der Waals surface area contributed by atoms with Gasteiger partial charge in [-0.05, 0) is 59.4 Å². The zero-order chi connectivity index (χ0) is 28.9. The van der Waals surface area contributed by atoms with Crippen molar-refractivity contribution in [3.63, 3.8) is 0 Å². The molecule has 0 aromatic heterocycles. The summed E-state index contributed by atoms with van der Waals surface area (Å²) in [5, 5.41) is 13.1. The number of amides is 2. The number of benzene rings is 3. The fraction of sp³-hybridized carbons (Fsp3) is 0.382. The number of aliphatic carboxylic acids is 1. The van der Waals surface area contributed by atoms with Crippen molar-refractivity contribution < 1.29 is 24.2 Å². The second-order valence-corrected chi connectivity index (χ2v) is 12.2. The van der Waals surface area contributed by atoms with Gasteiger partial charge in [0.2, 0.25) is 0 Å². The number of ether oxygens (including phenoxy) is 1. The van der Waals surface area contributed by atoms with Gasteiger partial charge in [0.05, 0.1) is 0 Å². The highest BCUT2D eigenvalue weighted by Gasteiger charge is 2.68. The monoisotopic (exact) mass is 565 g/mol. The predicted molar refractivity (Wildman–Crippen MR) is 157 cm³/mol. The standard InChI is InChI=1S/C34H35N3O5/c38-30(37-17-8-11-24-19-34(24,37)31(39)40)33(16-18-36(22-33)20-23-9-2-1-3-10-23)35-32(41)42-21-29-27-14-6-4-12-25(27)26-13-5-7-15-28(26)29/h1-7,9-10,12-15,24,29H,8,11,16-22H2,(H,35,41)(H,39,40). The Bertz CT molecular complexity index is 1500. The molecule has 1 saturated carbocycles. The number of nitrogens with zero attached hydrogens (tertiary/aromatic N) is 2. The molecule has 3 unspecified atom stereocenters. The molecule has 8 nitrogen and oxygen atoms in total. The Balaban J connectivity index is 1.12. The number of carboxylic acids is 1. The minimum absolute atomic E-state index is 0.0268. The van der Waals surface area contributed by atoms with E-state index < -0.39 is 23.1 Å². The molecule has 3 atom stereocenters. The highest BCUT2D eigenvalue weighted by atomic mass is 16.5. The molecule has 3 fully saturated rings. The number of rotatable bonds is 7. The van der Waals surface area contributed by atoms with Gasteiger partial charge in [-0.1, -0.05) is 78.9 Å². The zero-order valence-electron chi connectivity index (χ0n) is 23.5. The van der Waals surface area contributed by atoms with Crippen LogP contribution in [0.4, 0.5) is 4.79 Å². The number of likely N-dealkylation sites (tertiary alicyclic amines) is 2. The molecule has 0 spiro atoms. The summed E-state index contributed by atoms with van der Waals surface area (Å²) < 4.78 is 5.87. The van der Waals surface area contributed by atoms with E-state index in [0.29, 0.717) is 39.0 Å². The van der Waals surface area contributed by atoms with Crippen molar-refractivity contribution in [2.24, 2.45) is 5.92 Å². The molecule has 0 bridgehead atoms. The van der Waals surface area contributed by atoms with Crippen LogP contribution in [0.25, 0.3) is 11.1 Å². The van der Waals surface area contributed by atoms with E-state index in [-0.39, 0.29) is 24.3 Å². The Morgan fingerprint density at radius 2 is 1.57 bits per heavy atom. The molecule has 2 aliphatic carbocycles. The first-order valence-electron chi connectivity index (χ1n) is 14.9. The maximum absolute atomic E-state index is 14.4. The molecule has 2 saturated heterocycles. The first kappa shape index (κ1) is 26.7. The number of carbonyl (C=O) groups excluding carboxylic acids is 2. The molecule has 42 heavy (non-hydrogen) atoms. The molecule has 2 aliphatic heterocycles. The predicted octanol–water partition coefficient (Wildman–Crippen LogP) is 4.64. The summed E-state index contributed by atoms with van der Waals surface area (Å²) >= 11 is 0. The summed E-state index contributed by atoms with van der Waals surface area (Å²) in [7, 11) is 0. The molecular weight excluding hydrogens is 530 g/mol. The van der Waals surface area contributed by atoms with Crippen molar-refractivity contribution in [1.82, 2.24) is 15.1 Å². The Kier molecular flexibility index (Phi) is 6.54. The van der Waals surface area contributed by atoms with Crippen molar-refractivity contribution in [2.45, 2.75) is 49.2 Å². The van der Waals surface area contributed by atoms with Crippen molar-refractivity contribution in [1.29, 1.82) is 0 Å². The number of nitrogens with one attached hydrogen (secondary N) is 1. The second-order valence-electron chi connectivity index (χ2n) is 12.2. The fourth-order valence-corrected chi connectivity index (χ4v) is 7.63. The van der Waals surface area contributed by atoms with E-state index in [9.17, 15) is 19.5 Å². The van der Waals surface area contributed by atoms with Crippen LogP contribution < -0.4 is 5.32 Å². The van der Waals surface area contributed by atoms with Crippen molar-refractivity contribution in [2.75, 3.05) is 26.2 Å². The summed E-state index contributed by atoms with van der Waals surface area (Å²) in [6, 6.07) is 26.3. The number of hydrogen-bond donors (Lipinski definition) is 2. The fourth-order valence-electron chi connectivity index (χ4n) is 7.63. The van der Waals surface area contributed by atoms with Crippen molar-refractivity contribution in [3.8, 4) is 11.1 Å². The summed E-state index contributed by atoms with van der Waals surface area (Å²) in [6.45, 7) is 2.05. The van der Waals surface area contributed by atoms with E-state index in [1.807, 2.05) is 54.6 Å². The Morgan fingerprint density at radius 1 is 0.905 bits per heavy atom. The van der Waals surface area contributed by atoms with Gasteiger partial charge in [-0.25, -0.2) is 9.59 Å². The summed E-state index contributed by atoms with van der Waals surface area (Å²) in [6.07, 6.45) is 1.78. The normalized spacial score (nSPS) is 26.2. The summed E-state index contributed by atoms with van der Waals surface area (Å²) in [5.41, 5.74) is 3.22. The Morgan fingerprint density at radius 3 is 2.26 bits per heavy atom. The number of carbonyl (C=O) groups is 3. The van der Waals surface area contributed by atoms with Gasteiger partial charge in [0.25, 0.3) is 5.91 Å². The van der Waals surface area contributed by atoms with Crippen LogP contribution in [0.2, 0.25) is 0 Å². The summed E-state index contributed by atoms with van der Waals surface area (Å²) in [5.74, 6) is -1.38. The van der Waals surface area contributed by atoms with Gasteiger partial charge < -0.3 is 20.1 Å². The maximum Gasteiger partial charge on any atom is 0.408 e. The lowest BCUT2D eigenvalue weighted by Crippen LogP contribution is -2.65. The van der Waals surface area contributed by atoms with Gasteiger partial charge >= 0.3 is 12.1 Å². The molecule has 216 valence electrons. The average molecular weight is 566 g/mol. The van der Waals surface area contributed by atoms with Crippen LogP contribution in [0.1, 0.15) is 48.3 Å². The van der Waals surface area contributed by atoms with Crippen LogP contribution >= 0.6 is 0 Å². The van der Waals surface area contributed by atoms with Gasteiger partial charge in [-0.2, -0.15) is 0 Å². The third-order valence-corrected chi connectivity index (χ3v) is 9.80. The maximum atomic E-state index is 14.4. The molecule has 3 aromatic rings. The molecule has 2 N–H and O–H groups in total. The highest BCUT2D eigenvalue weighted by Crippen LogP contribution is 2.55. The topological polar surface area (TPSA) is 99.2 Å². The molecule has 2 heterocycles. The number of hydrogen-bond acceptors (Lipinski definition) is 5. The van der Waals surface area contributed by atoms with Crippen molar-refractivity contribution in [3.05, 3.63) is 95.6 Å². The van der Waals surface area contributed by atoms with E-state index in [4.69, 9.17) is 4.74 Å². The van der Waals surface area contributed by atoms with E-state index in [1.54, 1.807) is 4.90 Å². The SMILES string of the molecule is O=C(NC1(C(=O)N2CCCC3CC32C(=O)O)CCN(Cc2ccccc2)C1)OCC1c2ccccc2-c2ccccc21. The summed E-state index contributed by atoms with van der Waals surface area (Å²) in [4.78, 5) is 44.0. The third kappa shape index (κ3) is 4.36. The average Bonchev–Trinajstić information content (AvgIpc) is 3.53. The lowest BCUT2D eigenvalue weighted by Gasteiger charge is -2.40. The van der Waals surface area contributed by atoms with Gasteiger partial charge in [0.1, 0.15) is 17.7 Å². The minimum Gasteiger partial charge on any atom is -0.479 e. The minimum atomic E-state index is -1.26. The highest BCUT2D eigenvalue weighted by molar-refractivity contribution is 5.97. The quantitative estimate of drug-likeness (QED) is 0.433. The number of alkyl carbamates (subject to hydrolysis) is 1. The number of carboxylic acid groups (broad SMARTS) is 1. The third-order valence-electron chi connectivity index (χ3n) is 9.80.